The van der Waals surface area contributed by atoms with Crippen molar-refractivity contribution >= 4 is 17.3 Å². The number of aryl methyl sites for hydroxylation is 1. The first-order valence-electron chi connectivity index (χ1n) is 11.6. The van der Waals surface area contributed by atoms with E-state index in [1.165, 1.54) is 11.3 Å². The highest BCUT2D eigenvalue weighted by Crippen LogP contribution is 2.28. The first kappa shape index (κ1) is 22.3. The number of nitro benzene ring substituents is 1. The largest absolute Gasteiger partial charge is 0.369 e. The van der Waals surface area contributed by atoms with Gasteiger partial charge >= 0.3 is 0 Å². The Balaban J connectivity index is 1.36. The standard InChI is InChI=1S/C25H32N4O3/c1-2-25(30)28(23-10-8-20-9-11-24(29(31)32)19-21(20)18-23)17-14-26-12-15-27(16-13-26)22-6-4-3-5-7-22/h3-7,9,11,19,23H,2,8,10,12-18H2,1H3. The van der Waals surface area contributed by atoms with E-state index in [1.54, 1.807) is 12.1 Å². The van der Waals surface area contributed by atoms with Crippen molar-refractivity contribution in [3.05, 3.63) is 69.8 Å². The molecule has 1 fully saturated rings. The number of nitrogens with zero attached hydrogens (tertiary/aromatic N) is 4. The van der Waals surface area contributed by atoms with Gasteiger partial charge in [0.1, 0.15) is 0 Å². The van der Waals surface area contributed by atoms with Crippen LogP contribution in [0.2, 0.25) is 0 Å². The topological polar surface area (TPSA) is 69.9 Å². The smallest absolute Gasteiger partial charge is 0.269 e. The predicted octanol–water partition coefficient (Wildman–Crippen LogP) is 3.51. The Morgan fingerprint density at radius 3 is 2.53 bits per heavy atom. The second-order valence-electron chi connectivity index (χ2n) is 8.71. The van der Waals surface area contributed by atoms with Gasteiger partial charge in [-0.2, -0.15) is 0 Å². The molecule has 1 aliphatic heterocycles. The van der Waals surface area contributed by atoms with Crippen LogP contribution in [-0.2, 0) is 17.6 Å². The van der Waals surface area contributed by atoms with Crippen molar-refractivity contribution in [2.24, 2.45) is 0 Å². The number of carbonyl (C=O) groups is 1. The van der Waals surface area contributed by atoms with Crippen LogP contribution in [0.4, 0.5) is 11.4 Å². The summed E-state index contributed by atoms with van der Waals surface area (Å²) < 4.78 is 0. The summed E-state index contributed by atoms with van der Waals surface area (Å²) in [5, 5.41) is 11.2. The van der Waals surface area contributed by atoms with Crippen molar-refractivity contribution in [2.45, 2.75) is 38.6 Å². The Morgan fingerprint density at radius 1 is 1.09 bits per heavy atom. The van der Waals surface area contributed by atoms with Gasteiger partial charge in [-0.05, 0) is 42.5 Å². The van der Waals surface area contributed by atoms with Crippen LogP contribution in [0.25, 0.3) is 0 Å². The molecule has 0 saturated carbocycles. The zero-order chi connectivity index (χ0) is 22.5. The fraction of sp³-hybridized carbons (Fsp3) is 0.480. The van der Waals surface area contributed by atoms with Gasteiger partial charge in [0.15, 0.2) is 0 Å². The van der Waals surface area contributed by atoms with Gasteiger partial charge in [0.05, 0.1) is 4.92 Å². The van der Waals surface area contributed by atoms with Crippen LogP contribution in [0, 0.1) is 10.1 Å². The molecule has 2 aromatic rings. The molecule has 0 spiro atoms. The number of carbonyl (C=O) groups excluding carboxylic acids is 1. The lowest BCUT2D eigenvalue weighted by atomic mass is 9.87. The van der Waals surface area contributed by atoms with Gasteiger partial charge in [-0.25, -0.2) is 0 Å². The second kappa shape index (κ2) is 10.1. The molecule has 1 aliphatic carbocycles. The molecule has 170 valence electrons. The van der Waals surface area contributed by atoms with E-state index in [0.717, 1.165) is 51.1 Å². The van der Waals surface area contributed by atoms with Crippen LogP contribution in [0.1, 0.15) is 30.9 Å². The molecular formula is C25H32N4O3. The zero-order valence-corrected chi connectivity index (χ0v) is 18.8. The average molecular weight is 437 g/mol. The molecule has 7 nitrogen and oxygen atoms in total. The molecule has 1 saturated heterocycles. The van der Waals surface area contributed by atoms with E-state index < -0.39 is 0 Å². The minimum absolute atomic E-state index is 0.113. The van der Waals surface area contributed by atoms with Gasteiger partial charge in [-0.3, -0.25) is 19.8 Å². The molecule has 2 aromatic carbocycles. The predicted molar refractivity (Wildman–Crippen MR) is 126 cm³/mol. The Bertz CT molecular complexity index is 941. The van der Waals surface area contributed by atoms with Crippen molar-refractivity contribution < 1.29 is 9.72 Å². The number of hydrogen-bond acceptors (Lipinski definition) is 5. The fourth-order valence-electron chi connectivity index (χ4n) is 4.94. The van der Waals surface area contributed by atoms with Crippen LogP contribution in [0.5, 0.6) is 0 Å². The lowest BCUT2D eigenvalue weighted by Crippen LogP contribution is -2.51. The van der Waals surface area contributed by atoms with Gasteiger partial charge in [-0.1, -0.05) is 31.2 Å². The van der Waals surface area contributed by atoms with E-state index >= 15 is 0 Å². The van der Waals surface area contributed by atoms with Crippen molar-refractivity contribution in [1.82, 2.24) is 9.80 Å². The fourth-order valence-corrected chi connectivity index (χ4v) is 4.94. The summed E-state index contributed by atoms with van der Waals surface area (Å²) in [6.07, 6.45) is 2.96. The van der Waals surface area contributed by atoms with Gasteiger partial charge in [0.2, 0.25) is 5.91 Å². The molecule has 1 amide bonds. The average Bonchev–Trinajstić information content (AvgIpc) is 2.84. The van der Waals surface area contributed by atoms with Crippen molar-refractivity contribution in [3.63, 3.8) is 0 Å². The quantitative estimate of drug-likeness (QED) is 0.491. The number of fused-ring (bicyclic) bond motifs is 1. The molecule has 0 N–H and O–H groups in total. The number of non-ortho nitro benzene ring substituents is 1. The van der Waals surface area contributed by atoms with Crippen LogP contribution in [-0.4, -0.2) is 65.9 Å². The zero-order valence-electron chi connectivity index (χ0n) is 18.8. The SMILES string of the molecule is CCC(=O)N(CCN1CCN(c2ccccc2)CC1)C1CCc2ccc([N+](=O)[O-])cc2C1. The highest BCUT2D eigenvalue weighted by molar-refractivity contribution is 5.76. The molecule has 1 atom stereocenters. The van der Waals surface area contributed by atoms with Gasteiger partial charge in [0, 0.05) is 69.6 Å². The van der Waals surface area contributed by atoms with Crippen molar-refractivity contribution in [3.8, 4) is 0 Å². The summed E-state index contributed by atoms with van der Waals surface area (Å²) in [4.78, 5) is 30.5. The van der Waals surface area contributed by atoms with E-state index in [9.17, 15) is 14.9 Å². The molecule has 2 aliphatic rings. The first-order valence-corrected chi connectivity index (χ1v) is 11.6. The third-order valence-electron chi connectivity index (χ3n) is 6.82. The number of benzene rings is 2. The Kier molecular flexibility index (Phi) is 7.05. The van der Waals surface area contributed by atoms with E-state index in [4.69, 9.17) is 0 Å². The van der Waals surface area contributed by atoms with Crippen LogP contribution in [0.15, 0.2) is 48.5 Å². The van der Waals surface area contributed by atoms with E-state index in [1.807, 2.05) is 24.0 Å². The number of amides is 1. The maximum atomic E-state index is 12.8. The monoisotopic (exact) mass is 436 g/mol. The number of anilines is 1. The maximum Gasteiger partial charge on any atom is 0.269 e. The Morgan fingerprint density at radius 2 is 1.84 bits per heavy atom. The molecule has 32 heavy (non-hydrogen) atoms. The number of hydrogen-bond donors (Lipinski definition) is 0. The number of para-hydroxylation sites is 1. The summed E-state index contributed by atoms with van der Waals surface area (Å²) in [5.74, 6) is 0.173. The molecule has 0 aromatic heterocycles. The minimum Gasteiger partial charge on any atom is -0.369 e. The Labute approximate surface area is 189 Å². The highest BCUT2D eigenvalue weighted by Gasteiger charge is 2.28. The van der Waals surface area contributed by atoms with Gasteiger partial charge in [-0.15, -0.1) is 0 Å². The van der Waals surface area contributed by atoms with Gasteiger partial charge in [0.25, 0.3) is 5.69 Å². The number of piperazine rings is 1. The molecule has 7 heteroatoms. The molecule has 4 rings (SSSR count). The van der Waals surface area contributed by atoms with E-state index in [2.05, 4.69) is 34.1 Å². The van der Waals surface area contributed by atoms with Crippen molar-refractivity contribution in [2.75, 3.05) is 44.2 Å². The summed E-state index contributed by atoms with van der Waals surface area (Å²) in [6.45, 7) is 7.46. The first-order chi connectivity index (χ1) is 15.5. The van der Waals surface area contributed by atoms with E-state index in [0.29, 0.717) is 19.4 Å². The minimum atomic E-state index is -0.339. The van der Waals surface area contributed by atoms with E-state index in [-0.39, 0.29) is 22.6 Å². The molecule has 1 unspecified atom stereocenters. The van der Waals surface area contributed by atoms with Crippen LogP contribution >= 0.6 is 0 Å². The maximum absolute atomic E-state index is 12.8. The third-order valence-corrected chi connectivity index (χ3v) is 6.82. The molecule has 0 radical (unpaired) electrons. The second-order valence-corrected chi connectivity index (χ2v) is 8.71. The van der Waals surface area contributed by atoms with Gasteiger partial charge < -0.3 is 9.80 Å². The summed E-state index contributed by atoms with van der Waals surface area (Å²) >= 11 is 0. The third kappa shape index (κ3) is 5.10. The normalized spacial score (nSPS) is 18.8. The van der Waals surface area contributed by atoms with Crippen LogP contribution in [0.3, 0.4) is 0 Å². The summed E-state index contributed by atoms with van der Waals surface area (Å²) in [7, 11) is 0. The Hall–Kier alpha value is -2.93. The molecule has 0 bridgehead atoms. The highest BCUT2D eigenvalue weighted by atomic mass is 16.6. The summed E-state index contributed by atoms with van der Waals surface area (Å²) in [6, 6.07) is 15.8. The van der Waals surface area contributed by atoms with Crippen molar-refractivity contribution in [1.29, 1.82) is 0 Å². The summed E-state index contributed by atoms with van der Waals surface area (Å²) in [5.41, 5.74) is 3.59. The molecule has 1 heterocycles. The lowest BCUT2D eigenvalue weighted by Gasteiger charge is -2.39. The lowest BCUT2D eigenvalue weighted by molar-refractivity contribution is -0.384. The van der Waals surface area contributed by atoms with Crippen LogP contribution < -0.4 is 4.90 Å². The number of nitro groups is 1. The number of rotatable bonds is 7. The molecular weight excluding hydrogens is 404 g/mol.